The summed E-state index contributed by atoms with van der Waals surface area (Å²) in [6, 6.07) is 3.96. The predicted octanol–water partition coefficient (Wildman–Crippen LogP) is 2.99. The van der Waals surface area contributed by atoms with Gasteiger partial charge in [0.1, 0.15) is 13.2 Å². The monoisotopic (exact) mass is 452 g/mol. The van der Waals surface area contributed by atoms with Crippen LogP contribution in [0.1, 0.15) is 60.2 Å². The number of likely N-dealkylation sites (tertiary alicyclic amines) is 2. The van der Waals surface area contributed by atoms with Crippen molar-refractivity contribution in [2.24, 2.45) is 11.3 Å². The van der Waals surface area contributed by atoms with Gasteiger partial charge in [0.15, 0.2) is 0 Å². The summed E-state index contributed by atoms with van der Waals surface area (Å²) in [7, 11) is 0. The number of fused-ring (bicyclic) bond motifs is 1. The summed E-state index contributed by atoms with van der Waals surface area (Å²) in [4.78, 5) is 41.2. The number of hydrogen-bond donors (Lipinski definition) is 0. The topological polar surface area (TPSA) is 76.2 Å². The lowest BCUT2D eigenvalue weighted by Crippen LogP contribution is -2.44. The van der Waals surface area contributed by atoms with Crippen LogP contribution in [-0.2, 0) is 32.1 Å². The number of ether oxygens (including phenoxy) is 2. The number of hydrogen-bond acceptors (Lipinski definition) is 6. The number of rotatable bonds is 5. The van der Waals surface area contributed by atoms with E-state index in [2.05, 4.69) is 24.8 Å². The Hall–Kier alpha value is -2.67. The molecule has 176 valence electrons. The summed E-state index contributed by atoms with van der Waals surface area (Å²) in [5.74, 6) is -0.0135. The molecule has 2 saturated heterocycles. The van der Waals surface area contributed by atoms with E-state index in [0.29, 0.717) is 30.2 Å². The zero-order valence-electron chi connectivity index (χ0n) is 19.7. The zero-order valence-corrected chi connectivity index (χ0v) is 19.7. The molecule has 2 fully saturated rings. The molecule has 1 aromatic rings. The number of amides is 1. The zero-order chi connectivity index (χ0) is 23.3. The van der Waals surface area contributed by atoms with Crippen molar-refractivity contribution in [1.82, 2.24) is 9.80 Å². The van der Waals surface area contributed by atoms with Crippen molar-refractivity contribution < 1.29 is 23.9 Å². The SMILES string of the molecule is CC1=C(N2CCC(C)(C3CCN(CCc4ccc5c(c4C)COC5=O)CC3)C2=O)COC1=O. The molecule has 4 aliphatic rings. The molecule has 4 heterocycles. The van der Waals surface area contributed by atoms with Crippen LogP contribution in [0.5, 0.6) is 0 Å². The molecule has 1 atom stereocenters. The minimum absolute atomic E-state index is 0.152. The van der Waals surface area contributed by atoms with Crippen LogP contribution >= 0.6 is 0 Å². The lowest BCUT2D eigenvalue weighted by Gasteiger charge is -2.39. The van der Waals surface area contributed by atoms with Crippen molar-refractivity contribution in [2.75, 3.05) is 32.8 Å². The second kappa shape index (κ2) is 8.28. The first kappa shape index (κ1) is 22.1. The third-order valence-electron chi connectivity index (χ3n) is 8.46. The minimum Gasteiger partial charge on any atom is -0.457 e. The van der Waals surface area contributed by atoms with Crippen molar-refractivity contribution in [1.29, 1.82) is 0 Å². The van der Waals surface area contributed by atoms with Crippen LogP contribution in [0.15, 0.2) is 23.4 Å². The Balaban J connectivity index is 1.18. The Morgan fingerprint density at radius 1 is 1.00 bits per heavy atom. The maximum atomic E-state index is 13.4. The lowest BCUT2D eigenvalue weighted by molar-refractivity contribution is -0.139. The highest BCUT2D eigenvalue weighted by atomic mass is 16.5. The summed E-state index contributed by atoms with van der Waals surface area (Å²) >= 11 is 0. The average Bonchev–Trinajstić information content (AvgIpc) is 3.45. The van der Waals surface area contributed by atoms with Crippen molar-refractivity contribution in [3.05, 3.63) is 45.7 Å². The highest BCUT2D eigenvalue weighted by Gasteiger charge is 2.50. The van der Waals surface area contributed by atoms with Gasteiger partial charge in [0, 0.05) is 18.7 Å². The number of esters is 2. The maximum absolute atomic E-state index is 13.4. The molecule has 0 saturated carbocycles. The smallest absolute Gasteiger partial charge is 0.338 e. The van der Waals surface area contributed by atoms with E-state index in [4.69, 9.17) is 9.47 Å². The molecule has 0 aromatic heterocycles. The second-order valence-electron chi connectivity index (χ2n) is 10.1. The molecular weight excluding hydrogens is 420 g/mol. The lowest BCUT2D eigenvalue weighted by atomic mass is 9.71. The van der Waals surface area contributed by atoms with Gasteiger partial charge < -0.3 is 19.3 Å². The normalized spacial score (nSPS) is 26.3. The molecule has 0 bridgehead atoms. The molecule has 0 spiro atoms. The molecule has 0 N–H and O–H groups in total. The standard InChI is InChI=1S/C26H32N2O5/c1-16-18(4-5-20-21(16)14-32-24(20)30)6-10-27-11-7-19(8-12-27)26(3)9-13-28(25(26)31)22-15-33-23(29)17(22)2/h4-5,19H,6-15H2,1-3H3. The molecule has 1 amide bonds. The highest BCUT2D eigenvalue weighted by Crippen LogP contribution is 2.45. The molecule has 0 radical (unpaired) electrons. The van der Waals surface area contributed by atoms with E-state index in [9.17, 15) is 14.4 Å². The molecule has 7 heteroatoms. The fourth-order valence-electron chi connectivity index (χ4n) is 5.99. The Morgan fingerprint density at radius 3 is 2.42 bits per heavy atom. The van der Waals surface area contributed by atoms with Gasteiger partial charge in [-0.05, 0) is 75.7 Å². The Bertz CT molecular complexity index is 1050. The maximum Gasteiger partial charge on any atom is 0.338 e. The van der Waals surface area contributed by atoms with Gasteiger partial charge in [0.2, 0.25) is 5.91 Å². The van der Waals surface area contributed by atoms with Crippen LogP contribution in [0, 0.1) is 18.3 Å². The van der Waals surface area contributed by atoms with Crippen LogP contribution in [0.2, 0.25) is 0 Å². The number of carbonyl (C=O) groups excluding carboxylic acids is 3. The van der Waals surface area contributed by atoms with Crippen LogP contribution in [0.25, 0.3) is 0 Å². The van der Waals surface area contributed by atoms with Gasteiger partial charge >= 0.3 is 11.9 Å². The van der Waals surface area contributed by atoms with Crippen molar-refractivity contribution in [3.8, 4) is 0 Å². The first-order valence-electron chi connectivity index (χ1n) is 12.0. The fraction of sp³-hybridized carbons (Fsp3) is 0.577. The third-order valence-corrected chi connectivity index (χ3v) is 8.46. The van der Waals surface area contributed by atoms with E-state index in [-0.39, 0.29) is 29.9 Å². The van der Waals surface area contributed by atoms with Gasteiger partial charge in [-0.3, -0.25) is 4.79 Å². The van der Waals surface area contributed by atoms with Gasteiger partial charge in [-0.1, -0.05) is 13.0 Å². The molecule has 0 aliphatic carbocycles. The van der Waals surface area contributed by atoms with E-state index >= 15 is 0 Å². The van der Waals surface area contributed by atoms with Crippen molar-refractivity contribution in [3.63, 3.8) is 0 Å². The average molecular weight is 453 g/mol. The van der Waals surface area contributed by atoms with E-state index in [0.717, 1.165) is 56.6 Å². The Labute approximate surface area is 194 Å². The van der Waals surface area contributed by atoms with Gasteiger partial charge in [0.05, 0.1) is 22.2 Å². The second-order valence-corrected chi connectivity index (χ2v) is 10.1. The number of benzene rings is 1. The Morgan fingerprint density at radius 2 is 1.73 bits per heavy atom. The minimum atomic E-state index is -0.367. The number of piperidine rings is 1. The summed E-state index contributed by atoms with van der Waals surface area (Å²) in [6.45, 7) is 10.2. The van der Waals surface area contributed by atoms with Gasteiger partial charge in [0.25, 0.3) is 0 Å². The fourth-order valence-corrected chi connectivity index (χ4v) is 5.99. The van der Waals surface area contributed by atoms with Crippen LogP contribution < -0.4 is 0 Å². The number of cyclic esters (lactones) is 2. The van der Waals surface area contributed by atoms with E-state index < -0.39 is 0 Å². The molecule has 1 aromatic carbocycles. The van der Waals surface area contributed by atoms with Gasteiger partial charge in [-0.15, -0.1) is 0 Å². The van der Waals surface area contributed by atoms with Crippen molar-refractivity contribution >= 4 is 17.8 Å². The highest BCUT2D eigenvalue weighted by molar-refractivity contribution is 5.94. The first-order valence-corrected chi connectivity index (χ1v) is 12.0. The van der Waals surface area contributed by atoms with Gasteiger partial charge in [-0.25, -0.2) is 9.59 Å². The van der Waals surface area contributed by atoms with Crippen LogP contribution in [0.4, 0.5) is 0 Å². The third kappa shape index (κ3) is 3.66. The summed E-state index contributed by atoms with van der Waals surface area (Å²) in [5, 5.41) is 0. The number of nitrogens with zero attached hydrogens (tertiary/aromatic N) is 2. The molecule has 7 nitrogen and oxygen atoms in total. The summed E-state index contributed by atoms with van der Waals surface area (Å²) < 4.78 is 10.3. The van der Waals surface area contributed by atoms with Crippen LogP contribution in [-0.4, -0.2) is 60.4 Å². The van der Waals surface area contributed by atoms with E-state index in [1.807, 2.05) is 6.07 Å². The molecular formula is C26H32N2O5. The Kier molecular flexibility index (Phi) is 5.55. The summed E-state index contributed by atoms with van der Waals surface area (Å²) in [6.07, 6.45) is 3.80. The molecule has 5 rings (SSSR count). The largest absolute Gasteiger partial charge is 0.457 e. The van der Waals surface area contributed by atoms with Crippen molar-refractivity contribution in [2.45, 2.75) is 53.1 Å². The molecule has 1 unspecified atom stereocenters. The van der Waals surface area contributed by atoms with E-state index in [1.54, 1.807) is 11.8 Å². The molecule has 33 heavy (non-hydrogen) atoms. The van der Waals surface area contributed by atoms with Crippen LogP contribution in [0.3, 0.4) is 0 Å². The van der Waals surface area contributed by atoms with E-state index in [1.165, 1.54) is 11.1 Å². The van der Waals surface area contributed by atoms with Gasteiger partial charge in [-0.2, -0.15) is 0 Å². The predicted molar refractivity (Wildman–Crippen MR) is 121 cm³/mol. The first-order chi connectivity index (χ1) is 15.8. The number of carbonyl (C=O) groups is 3. The molecule has 4 aliphatic heterocycles. The quantitative estimate of drug-likeness (QED) is 0.640. The summed E-state index contributed by atoms with van der Waals surface area (Å²) in [5.41, 5.74) is 5.15.